The number of rotatable bonds is 4. The van der Waals surface area contributed by atoms with E-state index in [2.05, 4.69) is 20.9 Å². The Labute approximate surface area is 135 Å². The number of anilines is 1. The molecule has 3 aromatic rings. The maximum absolute atomic E-state index is 5.84. The summed E-state index contributed by atoms with van der Waals surface area (Å²) in [5, 5.41) is 0.575. The standard InChI is InChI=1S/C16H13BrN2OS/c17-13-8-12(15-9-19-16(18)21-15)6-7-14(13)20-10-11-4-2-1-3-5-11/h1-9H,10H2,(H2,18,19). The number of nitrogens with zero attached hydrogens (tertiary/aromatic N) is 1. The van der Waals surface area contributed by atoms with Crippen molar-refractivity contribution < 1.29 is 4.74 Å². The fourth-order valence-corrected chi connectivity index (χ4v) is 3.10. The molecule has 0 saturated carbocycles. The summed E-state index contributed by atoms with van der Waals surface area (Å²) in [5.74, 6) is 0.820. The van der Waals surface area contributed by atoms with Crippen LogP contribution in [0.3, 0.4) is 0 Å². The van der Waals surface area contributed by atoms with Gasteiger partial charge in [0.1, 0.15) is 12.4 Å². The van der Waals surface area contributed by atoms with Crippen LogP contribution in [0.25, 0.3) is 10.4 Å². The van der Waals surface area contributed by atoms with Gasteiger partial charge in [-0.05, 0) is 45.3 Å². The average molecular weight is 361 g/mol. The highest BCUT2D eigenvalue weighted by atomic mass is 79.9. The molecule has 0 amide bonds. The second kappa shape index (κ2) is 6.28. The van der Waals surface area contributed by atoms with Crippen molar-refractivity contribution in [2.24, 2.45) is 0 Å². The molecule has 2 aromatic carbocycles. The number of thiazole rings is 1. The molecular weight excluding hydrogens is 348 g/mol. The van der Waals surface area contributed by atoms with E-state index in [9.17, 15) is 0 Å². The molecule has 3 nitrogen and oxygen atoms in total. The molecule has 106 valence electrons. The van der Waals surface area contributed by atoms with Crippen LogP contribution in [-0.4, -0.2) is 4.98 Å². The van der Waals surface area contributed by atoms with Crippen LogP contribution in [0.4, 0.5) is 5.13 Å². The Kier molecular flexibility index (Phi) is 4.22. The first kappa shape index (κ1) is 14.1. The molecule has 2 N–H and O–H groups in total. The van der Waals surface area contributed by atoms with Crippen molar-refractivity contribution in [2.75, 3.05) is 5.73 Å². The van der Waals surface area contributed by atoms with Gasteiger partial charge in [0.15, 0.2) is 5.13 Å². The highest BCUT2D eigenvalue weighted by Crippen LogP contribution is 2.34. The van der Waals surface area contributed by atoms with Crippen LogP contribution in [0.2, 0.25) is 0 Å². The first-order valence-corrected chi connectivity index (χ1v) is 8.01. The maximum Gasteiger partial charge on any atom is 0.180 e. The quantitative estimate of drug-likeness (QED) is 0.731. The molecule has 0 spiro atoms. The summed E-state index contributed by atoms with van der Waals surface area (Å²) >= 11 is 5.02. The number of ether oxygens (including phenoxy) is 1. The van der Waals surface area contributed by atoms with E-state index in [1.807, 2.05) is 48.5 Å². The van der Waals surface area contributed by atoms with Crippen molar-refractivity contribution in [3.8, 4) is 16.2 Å². The Hall–Kier alpha value is -1.85. The predicted molar refractivity (Wildman–Crippen MR) is 90.4 cm³/mol. The number of hydrogen-bond acceptors (Lipinski definition) is 4. The first-order chi connectivity index (χ1) is 10.2. The highest BCUT2D eigenvalue weighted by molar-refractivity contribution is 9.10. The van der Waals surface area contributed by atoms with E-state index in [0.29, 0.717) is 11.7 Å². The van der Waals surface area contributed by atoms with E-state index in [-0.39, 0.29) is 0 Å². The zero-order chi connectivity index (χ0) is 14.7. The number of benzene rings is 2. The third kappa shape index (κ3) is 3.43. The van der Waals surface area contributed by atoms with Crippen molar-refractivity contribution in [1.29, 1.82) is 0 Å². The van der Waals surface area contributed by atoms with Crippen molar-refractivity contribution in [2.45, 2.75) is 6.61 Å². The molecule has 0 aliphatic carbocycles. The lowest BCUT2D eigenvalue weighted by molar-refractivity contribution is 0.304. The summed E-state index contributed by atoms with van der Waals surface area (Å²) in [6, 6.07) is 16.1. The van der Waals surface area contributed by atoms with Crippen molar-refractivity contribution in [1.82, 2.24) is 4.98 Å². The lowest BCUT2D eigenvalue weighted by Gasteiger charge is -2.09. The molecule has 3 rings (SSSR count). The summed E-state index contributed by atoms with van der Waals surface area (Å²) in [6.07, 6.45) is 1.78. The van der Waals surface area contributed by atoms with Crippen molar-refractivity contribution >= 4 is 32.4 Å². The van der Waals surface area contributed by atoms with E-state index < -0.39 is 0 Å². The van der Waals surface area contributed by atoms with Crippen LogP contribution in [0.5, 0.6) is 5.75 Å². The fraction of sp³-hybridized carbons (Fsp3) is 0.0625. The molecule has 0 bridgehead atoms. The van der Waals surface area contributed by atoms with Gasteiger partial charge in [-0.3, -0.25) is 0 Å². The Morgan fingerprint density at radius 1 is 1.14 bits per heavy atom. The molecule has 1 aromatic heterocycles. The van der Waals surface area contributed by atoms with Gasteiger partial charge in [-0.1, -0.05) is 41.7 Å². The zero-order valence-corrected chi connectivity index (χ0v) is 13.5. The Balaban J connectivity index is 1.75. The second-order valence-corrected chi connectivity index (χ2v) is 6.40. The van der Waals surface area contributed by atoms with E-state index in [1.165, 1.54) is 11.3 Å². The van der Waals surface area contributed by atoms with Gasteiger partial charge in [0.05, 0.1) is 9.35 Å². The van der Waals surface area contributed by atoms with Crippen LogP contribution >= 0.6 is 27.3 Å². The van der Waals surface area contributed by atoms with Crippen LogP contribution in [0.1, 0.15) is 5.56 Å². The van der Waals surface area contributed by atoms with E-state index in [0.717, 1.165) is 26.2 Å². The molecule has 0 radical (unpaired) electrons. The Morgan fingerprint density at radius 3 is 2.62 bits per heavy atom. The minimum absolute atomic E-state index is 0.548. The number of nitrogens with two attached hydrogens (primary N) is 1. The van der Waals surface area contributed by atoms with Crippen LogP contribution in [0.15, 0.2) is 59.2 Å². The number of hydrogen-bond donors (Lipinski definition) is 1. The zero-order valence-electron chi connectivity index (χ0n) is 11.1. The molecule has 0 aliphatic heterocycles. The van der Waals surface area contributed by atoms with E-state index >= 15 is 0 Å². The molecule has 0 aliphatic rings. The molecule has 0 saturated heterocycles. The van der Waals surface area contributed by atoms with Crippen LogP contribution in [0, 0.1) is 0 Å². The van der Waals surface area contributed by atoms with Gasteiger partial charge in [0.25, 0.3) is 0 Å². The summed E-state index contributed by atoms with van der Waals surface area (Å²) in [5.41, 5.74) is 7.88. The Morgan fingerprint density at radius 2 is 1.95 bits per heavy atom. The lowest BCUT2D eigenvalue weighted by Crippen LogP contribution is -1.95. The fourth-order valence-electron chi connectivity index (χ4n) is 1.93. The van der Waals surface area contributed by atoms with Crippen LogP contribution < -0.4 is 10.5 Å². The third-order valence-corrected chi connectivity index (χ3v) is 4.47. The second-order valence-electron chi connectivity index (χ2n) is 4.48. The summed E-state index contributed by atoms with van der Waals surface area (Å²) < 4.78 is 6.75. The van der Waals surface area contributed by atoms with Crippen LogP contribution in [-0.2, 0) is 6.61 Å². The number of halogens is 1. The summed E-state index contributed by atoms with van der Waals surface area (Å²) in [6.45, 7) is 0.548. The Bertz CT molecular complexity index is 743. The minimum Gasteiger partial charge on any atom is -0.488 e. The number of nitrogen functional groups attached to an aromatic ring is 1. The number of aromatic nitrogens is 1. The smallest absolute Gasteiger partial charge is 0.180 e. The third-order valence-electron chi connectivity index (χ3n) is 2.98. The molecular formula is C16H13BrN2OS. The van der Waals surface area contributed by atoms with Crippen molar-refractivity contribution in [3.63, 3.8) is 0 Å². The van der Waals surface area contributed by atoms with Crippen molar-refractivity contribution in [3.05, 3.63) is 64.8 Å². The van der Waals surface area contributed by atoms with E-state index in [4.69, 9.17) is 10.5 Å². The topological polar surface area (TPSA) is 48.1 Å². The van der Waals surface area contributed by atoms with Gasteiger partial charge >= 0.3 is 0 Å². The van der Waals surface area contributed by atoms with E-state index in [1.54, 1.807) is 6.20 Å². The summed E-state index contributed by atoms with van der Waals surface area (Å²) in [7, 11) is 0. The molecule has 21 heavy (non-hydrogen) atoms. The van der Waals surface area contributed by atoms with Gasteiger partial charge in [0.2, 0.25) is 0 Å². The first-order valence-electron chi connectivity index (χ1n) is 6.40. The van der Waals surface area contributed by atoms with Gasteiger partial charge in [-0.25, -0.2) is 4.98 Å². The average Bonchev–Trinajstić information content (AvgIpc) is 2.93. The van der Waals surface area contributed by atoms with Gasteiger partial charge < -0.3 is 10.5 Å². The molecule has 0 fully saturated rings. The normalized spacial score (nSPS) is 10.5. The summed E-state index contributed by atoms with van der Waals surface area (Å²) in [4.78, 5) is 5.12. The SMILES string of the molecule is Nc1ncc(-c2ccc(OCc3ccccc3)c(Br)c2)s1. The predicted octanol–water partition coefficient (Wildman–Crippen LogP) is 4.73. The molecule has 0 unspecified atom stereocenters. The van der Waals surface area contributed by atoms with Gasteiger partial charge in [-0.2, -0.15) is 0 Å². The van der Waals surface area contributed by atoms with Gasteiger partial charge in [-0.15, -0.1) is 0 Å². The minimum atomic E-state index is 0.548. The largest absolute Gasteiger partial charge is 0.488 e. The molecule has 5 heteroatoms. The molecule has 1 heterocycles. The molecule has 0 atom stereocenters. The lowest BCUT2D eigenvalue weighted by atomic mass is 10.2. The highest BCUT2D eigenvalue weighted by Gasteiger charge is 2.07. The monoisotopic (exact) mass is 360 g/mol. The van der Waals surface area contributed by atoms with Gasteiger partial charge in [0, 0.05) is 6.20 Å². The maximum atomic E-state index is 5.84.